The Bertz CT molecular complexity index is 660. The van der Waals surface area contributed by atoms with Crippen molar-refractivity contribution in [3.05, 3.63) is 59.7 Å². The second-order valence-corrected chi connectivity index (χ2v) is 8.73. The van der Waals surface area contributed by atoms with Crippen LogP contribution in [0.3, 0.4) is 0 Å². The van der Waals surface area contributed by atoms with E-state index in [4.69, 9.17) is 0 Å². The van der Waals surface area contributed by atoms with Crippen molar-refractivity contribution in [2.24, 2.45) is 23.7 Å². The van der Waals surface area contributed by atoms with E-state index >= 15 is 0 Å². The summed E-state index contributed by atoms with van der Waals surface area (Å²) >= 11 is 0. The highest BCUT2D eigenvalue weighted by molar-refractivity contribution is 5.40. The minimum Gasteiger partial charge on any atom is -0.0808 e. The topological polar surface area (TPSA) is 0 Å². The van der Waals surface area contributed by atoms with E-state index in [0.29, 0.717) is 5.41 Å². The van der Waals surface area contributed by atoms with Gasteiger partial charge in [0.2, 0.25) is 0 Å². The highest BCUT2D eigenvalue weighted by atomic mass is 14.6. The normalized spacial score (nSPS) is 38.2. The van der Waals surface area contributed by atoms with E-state index in [1.165, 1.54) is 57.8 Å². The van der Waals surface area contributed by atoms with Crippen LogP contribution in [0, 0.1) is 23.7 Å². The molecule has 0 heteroatoms. The monoisotopic (exact) mass is 318 g/mol. The first-order valence-corrected chi connectivity index (χ1v) is 10.3. The molecule has 0 bridgehead atoms. The van der Waals surface area contributed by atoms with Crippen molar-refractivity contribution in [3.8, 4) is 0 Å². The Hall–Kier alpha value is -1.30. The predicted molar refractivity (Wildman–Crippen MR) is 101 cm³/mol. The van der Waals surface area contributed by atoms with Crippen molar-refractivity contribution in [1.29, 1.82) is 0 Å². The van der Waals surface area contributed by atoms with Gasteiger partial charge in [-0.2, -0.15) is 0 Å². The lowest BCUT2D eigenvalue weighted by Gasteiger charge is -2.50. The van der Waals surface area contributed by atoms with Gasteiger partial charge in [0.25, 0.3) is 0 Å². The van der Waals surface area contributed by atoms with Crippen molar-refractivity contribution in [1.82, 2.24) is 0 Å². The molecule has 2 fully saturated rings. The van der Waals surface area contributed by atoms with Gasteiger partial charge in [-0.05, 0) is 79.7 Å². The Morgan fingerprint density at radius 2 is 1.67 bits per heavy atom. The van der Waals surface area contributed by atoms with Crippen molar-refractivity contribution in [2.45, 2.75) is 63.2 Å². The molecule has 0 saturated heterocycles. The first-order chi connectivity index (χ1) is 11.9. The molecule has 2 saturated carbocycles. The van der Waals surface area contributed by atoms with Gasteiger partial charge >= 0.3 is 0 Å². The lowest BCUT2D eigenvalue weighted by molar-refractivity contribution is 0.119. The molecule has 4 aliphatic carbocycles. The first kappa shape index (κ1) is 15.0. The fourth-order valence-electron chi connectivity index (χ4n) is 7.01. The van der Waals surface area contributed by atoms with Gasteiger partial charge in [0.1, 0.15) is 0 Å². The summed E-state index contributed by atoms with van der Waals surface area (Å²) in [5.74, 6) is 3.41. The molecule has 24 heavy (non-hydrogen) atoms. The van der Waals surface area contributed by atoms with Gasteiger partial charge in [0, 0.05) is 5.41 Å². The van der Waals surface area contributed by atoms with Gasteiger partial charge in [0.05, 0.1) is 0 Å². The molecule has 126 valence electrons. The summed E-state index contributed by atoms with van der Waals surface area (Å²) in [6.07, 6.45) is 22.6. The quantitative estimate of drug-likeness (QED) is 0.607. The van der Waals surface area contributed by atoms with E-state index < -0.39 is 0 Å². The Kier molecular flexibility index (Phi) is 3.69. The minimum atomic E-state index is 0.472. The van der Waals surface area contributed by atoms with E-state index in [0.717, 1.165) is 23.7 Å². The number of hydrogen-bond donors (Lipinski definition) is 0. The van der Waals surface area contributed by atoms with E-state index in [1.807, 2.05) is 0 Å². The Morgan fingerprint density at radius 3 is 2.58 bits per heavy atom. The van der Waals surface area contributed by atoms with Crippen LogP contribution in [0.1, 0.15) is 62.5 Å². The minimum absolute atomic E-state index is 0.472. The van der Waals surface area contributed by atoms with E-state index in [1.54, 1.807) is 11.1 Å². The lowest BCUT2D eigenvalue weighted by atomic mass is 9.53. The van der Waals surface area contributed by atoms with Gasteiger partial charge in [-0.1, -0.05) is 61.4 Å². The second-order valence-electron chi connectivity index (χ2n) is 8.73. The summed E-state index contributed by atoms with van der Waals surface area (Å²) in [5.41, 5.74) is 3.91. The highest BCUT2D eigenvalue weighted by Gasteiger charge is 2.53. The van der Waals surface area contributed by atoms with Crippen molar-refractivity contribution >= 4 is 0 Å². The van der Waals surface area contributed by atoms with Gasteiger partial charge < -0.3 is 0 Å². The molecule has 1 aromatic rings. The lowest BCUT2D eigenvalue weighted by Crippen LogP contribution is -2.46. The standard InChI is InChI=1S/C24H30/c1-5-13-21-18(8-1)15-16-23(21)24(20-11-3-4-12-20)17-7-10-19-9-2-6-14-22(19)24/h1-2,5-6,8-9,13-14,18,20-21,23H,3-4,7,10-12,15-17H2. The van der Waals surface area contributed by atoms with Gasteiger partial charge in [-0.25, -0.2) is 0 Å². The maximum atomic E-state index is 2.57. The smallest absolute Gasteiger partial charge is 0.00181 e. The third-order valence-electron chi connectivity index (χ3n) is 7.87. The molecular formula is C24H30. The third kappa shape index (κ3) is 2.11. The van der Waals surface area contributed by atoms with Crippen molar-refractivity contribution in [3.63, 3.8) is 0 Å². The molecular weight excluding hydrogens is 288 g/mol. The molecule has 4 unspecified atom stereocenters. The van der Waals surface area contributed by atoms with Gasteiger partial charge in [-0.15, -0.1) is 0 Å². The summed E-state index contributed by atoms with van der Waals surface area (Å²) in [5, 5.41) is 0. The van der Waals surface area contributed by atoms with E-state index in [2.05, 4.69) is 48.6 Å². The van der Waals surface area contributed by atoms with Crippen molar-refractivity contribution in [2.75, 3.05) is 0 Å². The van der Waals surface area contributed by atoms with Crippen LogP contribution in [0.15, 0.2) is 48.6 Å². The first-order valence-electron chi connectivity index (χ1n) is 10.3. The van der Waals surface area contributed by atoms with Crippen LogP contribution < -0.4 is 0 Å². The van der Waals surface area contributed by atoms with Gasteiger partial charge in [-0.3, -0.25) is 0 Å². The summed E-state index contributed by atoms with van der Waals surface area (Å²) < 4.78 is 0. The van der Waals surface area contributed by atoms with Crippen LogP contribution in [-0.2, 0) is 11.8 Å². The highest BCUT2D eigenvalue weighted by Crippen LogP contribution is 2.60. The molecule has 0 heterocycles. The zero-order valence-corrected chi connectivity index (χ0v) is 14.8. The average Bonchev–Trinajstić information content (AvgIpc) is 3.31. The van der Waals surface area contributed by atoms with Crippen LogP contribution in [-0.4, -0.2) is 0 Å². The van der Waals surface area contributed by atoms with Gasteiger partial charge in [0.15, 0.2) is 0 Å². The molecule has 4 atom stereocenters. The zero-order chi connectivity index (χ0) is 16.0. The summed E-state index contributed by atoms with van der Waals surface area (Å²) in [7, 11) is 0. The maximum Gasteiger partial charge on any atom is 0.00181 e. The second kappa shape index (κ2) is 5.90. The number of hydrogen-bond acceptors (Lipinski definition) is 0. The zero-order valence-electron chi connectivity index (χ0n) is 14.8. The number of allylic oxidation sites excluding steroid dienone is 4. The maximum absolute atomic E-state index is 2.57. The molecule has 0 radical (unpaired) electrons. The molecule has 0 nitrogen and oxygen atoms in total. The third-order valence-corrected chi connectivity index (χ3v) is 7.87. The van der Waals surface area contributed by atoms with E-state index in [9.17, 15) is 0 Å². The molecule has 1 aromatic carbocycles. The van der Waals surface area contributed by atoms with Crippen LogP contribution in [0.4, 0.5) is 0 Å². The Labute approximate surface area is 147 Å². The largest absolute Gasteiger partial charge is 0.0808 e. The van der Waals surface area contributed by atoms with Crippen LogP contribution >= 0.6 is 0 Å². The van der Waals surface area contributed by atoms with Crippen LogP contribution in [0.5, 0.6) is 0 Å². The fraction of sp³-hybridized carbons (Fsp3) is 0.583. The Morgan fingerprint density at radius 1 is 0.833 bits per heavy atom. The predicted octanol–water partition coefficient (Wildman–Crippen LogP) is 6.22. The summed E-state index contributed by atoms with van der Waals surface area (Å²) in [6.45, 7) is 0. The number of benzene rings is 1. The Balaban J connectivity index is 1.64. The molecule has 0 amide bonds. The van der Waals surface area contributed by atoms with Crippen LogP contribution in [0.2, 0.25) is 0 Å². The average molecular weight is 319 g/mol. The number of rotatable bonds is 2. The molecule has 4 aliphatic rings. The molecule has 0 aromatic heterocycles. The number of aryl methyl sites for hydroxylation is 1. The number of fused-ring (bicyclic) bond motifs is 2. The molecule has 0 aliphatic heterocycles. The molecule has 0 N–H and O–H groups in total. The SMILES string of the molecule is C1=CC2CCC(C3(C4CCCC4)CCCc4ccccc43)C2C=C1. The van der Waals surface area contributed by atoms with E-state index in [-0.39, 0.29) is 0 Å². The fourth-order valence-corrected chi connectivity index (χ4v) is 7.01. The van der Waals surface area contributed by atoms with Crippen LogP contribution in [0.25, 0.3) is 0 Å². The summed E-state index contributed by atoms with van der Waals surface area (Å²) in [6, 6.07) is 9.53. The summed E-state index contributed by atoms with van der Waals surface area (Å²) in [4.78, 5) is 0. The molecule has 0 spiro atoms. The van der Waals surface area contributed by atoms with Crippen molar-refractivity contribution < 1.29 is 0 Å². The molecule has 5 rings (SSSR count).